The molecule has 57 heavy (non-hydrogen) atoms. The first-order valence-electron chi connectivity index (χ1n) is 19.1. The van der Waals surface area contributed by atoms with Crippen LogP contribution in [-0.4, -0.2) is 55.3 Å². The van der Waals surface area contributed by atoms with E-state index in [-0.39, 0.29) is 23.4 Å². The van der Waals surface area contributed by atoms with E-state index in [2.05, 4.69) is 12.6 Å². The van der Waals surface area contributed by atoms with E-state index in [9.17, 15) is 19.2 Å². The summed E-state index contributed by atoms with van der Waals surface area (Å²) >= 11 is 1.49. The molecule has 298 valence electrons. The van der Waals surface area contributed by atoms with Crippen LogP contribution in [0.2, 0.25) is 0 Å². The Morgan fingerprint density at radius 1 is 0.860 bits per heavy atom. The molecule has 0 saturated heterocycles. The predicted molar refractivity (Wildman–Crippen MR) is 215 cm³/mol. The van der Waals surface area contributed by atoms with Gasteiger partial charge in [0.2, 0.25) is 5.13 Å². The molecule has 0 radical (unpaired) electrons. The highest BCUT2D eigenvalue weighted by Crippen LogP contribution is 2.33. The first-order chi connectivity index (χ1) is 27.9. The van der Waals surface area contributed by atoms with Crippen molar-refractivity contribution >= 4 is 57.3 Å². The zero-order valence-corrected chi connectivity index (χ0v) is 32.5. The van der Waals surface area contributed by atoms with Crippen molar-refractivity contribution in [3.8, 4) is 29.1 Å². The van der Waals surface area contributed by atoms with E-state index in [4.69, 9.17) is 39.0 Å². The number of anilines is 1. The Morgan fingerprint density at radius 2 is 1.54 bits per heavy atom. The minimum absolute atomic E-state index is 0.244. The lowest BCUT2D eigenvalue weighted by Crippen LogP contribution is -2.30. The summed E-state index contributed by atoms with van der Waals surface area (Å²) in [5.41, 5.74) is 1.26. The van der Waals surface area contributed by atoms with Crippen LogP contribution in [0.15, 0.2) is 84.5 Å². The molecule has 14 heteroatoms. The minimum atomic E-state index is -0.426. The molecule has 4 aromatic rings. The first kappa shape index (κ1) is 42.1. The zero-order chi connectivity index (χ0) is 40.2. The third kappa shape index (κ3) is 13.3. The molecule has 1 heterocycles. The topological polar surface area (TPSA) is 167 Å². The number of para-hydroxylation sites is 1. The van der Waals surface area contributed by atoms with Gasteiger partial charge in [-0.15, -0.1) is 0 Å². The number of hydrogen-bond donors (Lipinski definition) is 0. The van der Waals surface area contributed by atoms with Crippen LogP contribution in [0.3, 0.4) is 0 Å². The Kier molecular flexibility index (Phi) is 16.6. The van der Waals surface area contributed by atoms with Crippen LogP contribution in [0.5, 0.6) is 23.0 Å². The van der Waals surface area contributed by atoms with E-state index < -0.39 is 17.9 Å². The van der Waals surface area contributed by atoms with Crippen molar-refractivity contribution in [3.05, 3.63) is 84.9 Å². The summed E-state index contributed by atoms with van der Waals surface area (Å²) in [6, 6.07) is 21.5. The molecule has 1 aliphatic rings. The van der Waals surface area contributed by atoms with Crippen LogP contribution in [0, 0.1) is 23.2 Å². The largest absolute Gasteiger partial charge is 0.494 e. The predicted octanol–water partition coefficient (Wildman–Crippen LogP) is 8.35. The molecule has 0 aliphatic heterocycles. The maximum atomic E-state index is 13.4. The second kappa shape index (κ2) is 22.5. The highest BCUT2D eigenvalue weighted by molar-refractivity contribution is 7.22. The Labute approximate surface area is 335 Å². The molecule has 0 spiro atoms. The van der Waals surface area contributed by atoms with E-state index in [1.807, 2.05) is 24.3 Å². The summed E-state index contributed by atoms with van der Waals surface area (Å²) in [5, 5.41) is 16.1. The molecule has 3 aromatic carbocycles. The molecule has 0 N–H and O–H groups in total. The summed E-state index contributed by atoms with van der Waals surface area (Å²) < 4.78 is 28.4. The van der Waals surface area contributed by atoms with Crippen molar-refractivity contribution in [2.45, 2.75) is 70.6 Å². The number of rotatable bonds is 22. The first-order valence-corrected chi connectivity index (χ1v) is 19.9. The van der Waals surface area contributed by atoms with Gasteiger partial charge in [0, 0.05) is 24.6 Å². The number of fused-ring (bicyclic) bond motifs is 1. The van der Waals surface area contributed by atoms with Crippen molar-refractivity contribution < 1.29 is 42.9 Å². The van der Waals surface area contributed by atoms with E-state index in [0.29, 0.717) is 93.4 Å². The molecular weight excluding hydrogens is 749 g/mol. The molecule has 1 saturated carbocycles. The van der Waals surface area contributed by atoms with Crippen molar-refractivity contribution in [2.24, 2.45) is 16.9 Å². The van der Waals surface area contributed by atoms with Gasteiger partial charge in [0.1, 0.15) is 23.0 Å². The Balaban J connectivity index is 1.11. The van der Waals surface area contributed by atoms with Crippen LogP contribution in [0.25, 0.3) is 10.2 Å². The van der Waals surface area contributed by atoms with E-state index >= 15 is 0 Å². The fraction of sp³-hybridized carbons (Fsp3) is 0.372. The van der Waals surface area contributed by atoms with Crippen LogP contribution in [0.4, 0.5) is 5.13 Å². The average Bonchev–Trinajstić information content (AvgIpc) is 3.67. The number of thiazole rings is 1. The van der Waals surface area contributed by atoms with Crippen LogP contribution < -0.4 is 24.0 Å². The van der Waals surface area contributed by atoms with Crippen LogP contribution in [-0.2, 0) is 23.9 Å². The highest BCUT2D eigenvalue weighted by atomic mass is 32.1. The third-order valence-electron chi connectivity index (χ3n) is 9.28. The zero-order valence-electron chi connectivity index (χ0n) is 31.7. The van der Waals surface area contributed by atoms with Crippen LogP contribution in [0.1, 0.15) is 76.2 Å². The number of aromatic nitrogens is 1. The minimum Gasteiger partial charge on any atom is -0.494 e. The fourth-order valence-electron chi connectivity index (χ4n) is 6.16. The van der Waals surface area contributed by atoms with Gasteiger partial charge in [-0.3, -0.25) is 14.4 Å². The van der Waals surface area contributed by atoms with Crippen molar-refractivity contribution in [1.82, 2.24) is 4.98 Å². The Morgan fingerprint density at radius 3 is 2.25 bits per heavy atom. The van der Waals surface area contributed by atoms with Gasteiger partial charge in [-0.25, -0.2) is 14.8 Å². The quantitative estimate of drug-likeness (QED) is 0.0142. The molecule has 1 fully saturated rings. The van der Waals surface area contributed by atoms with Crippen LogP contribution >= 0.6 is 11.3 Å². The smallest absolute Gasteiger partial charge is 0.330 e. The van der Waals surface area contributed by atoms with Gasteiger partial charge >= 0.3 is 17.9 Å². The summed E-state index contributed by atoms with van der Waals surface area (Å²) in [5.74, 6) is -0.363. The molecule has 0 atom stereocenters. The SMILES string of the molecule is C=CC(=O)OCCCCCCOc1ccc(OC(=O)[C@H]2CC[C@H](C(=O)Oc3ccc(OC=O)cc3/C=N/N(CCCCC#N)c3nc4ccccc4s3)CC2)cc1. The lowest BCUT2D eigenvalue weighted by atomic mass is 9.82. The maximum absolute atomic E-state index is 13.4. The third-order valence-corrected chi connectivity index (χ3v) is 10.3. The number of nitriles is 1. The van der Waals surface area contributed by atoms with Gasteiger partial charge in [-0.1, -0.05) is 30.0 Å². The highest BCUT2D eigenvalue weighted by Gasteiger charge is 2.32. The number of hydrogen-bond acceptors (Lipinski definition) is 14. The second-order valence-electron chi connectivity index (χ2n) is 13.4. The molecule has 13 nitrogen and oxygen atoms in total. The molecule has 1 aromatic heterocycles. The number of hydrazone groups is 1. The van der Waals surface area contributed by atoms with Gasteiger partial charge in [0.25, 0.3) is 6.47 Å². The lowest BCUT2D eigenvalue weighted by Gasteiger charge is -2.26. The number of esters is 3. The number of unbranched alkanes of at least 4 members (excludes halogenated alkanes) is 5. The van der Waals surface area contributed by atoms with Gasteiger partial charge < -0.3 is 23.7 Å². The summed E-state index contributed by atoms with van der Waals surface area (Å²) in [4.78, 5) is 53.4. The number of carbonyl (C=O) groups excluding carboxylic acids is 4. The molecule has 1 aliphatic carbocycles. The molecule has 5 rings (SSSR count). The van der Waals surface area contributed by atoms with E-state index in [0.717, 1.165) is 42.0 Å². The van der Waals surface area contributed by atoms with Gasteiger partial charge in [-0.2, -0.15) is 10.4 Å². The summed E-state index contributed by atoms with van der Waals surface area (Å²) in [7, 11) is 0. The van der Waals surface area contributed by atoms with Crippen molar-refractivity contribution in [3.63, 3.8) is 0 Å². The van der Waals surface area contributed by atoms with Gasteiger partial charge in [0.05, 0.1) is 47.6 Å². The average molecular weight is 795 g/mol. The standard InChI is InChI=1S/C43H46N4O9S/c1-2-40(49)53-27-11-4-3-10-26-52-34-18-20-35(21-19-34)55-41(50)31-14-16-32(17-15-31)42(51)56-38-23-22-36(54-30-48)28-33(38)29-45-47(25-9-5-8-24-44)43-46-37-12-6-7-13-39(37)57-43/h2,6-7,12-13,18-23,28-32H,1,3-5,8-11,14-17,25-27H2/b45-29+/t31-,32-. The Bertz CT molecular complexity index is 2000. The van der Waals surface area contributed by atoms with Gasteiger partial charge in [0.15, 0.2) is 0 Å². The van der Waals surface area contributed by atoms with E-state index in [1.54, 1.807) is 47.6 Å². The number of benzene rings is 3. The van der Waals surface area contributed by atoms with Crippen molar-refractivity contribution in [2.75, 3.05) is 24.8 Å². The molecule has 0 unspecified atom stereocenters. The summed E-state index contributed by atoms with van der Waals surface area (Å²) in [6.07, 6.45) is 9.90. The number of ether oxygens (including phenoxy) is 5. The second-order valence-corrected chi connectivity index (χ2v) is 14.4. The normalized spacial score (nSPS) is 15.0. The fourth-order valence-corrected chi connectivity index (χ4v) is 7.11. The monoisotopic (exact) mass is 794 g/mol. The van der Waals surface area contributed by atoms with E-state index in [1.165, 1.54) is 17.4 Å². The molecule has 0 bridgehead atoms. The maximum Gasteiger partial charge on any atom is 0.330 e. The Hall–Kier alpha value is -6.07. The number of nitrogens with zero attached hydrogens (tertiary/aromatic N) is 4. The summed E-state index contributed by atoms with van der Waals surface area (Å²) in [6.45, 7) is 5.12. The van der Waals surface area contributed by atoms with Crippen molar-refractivity contribution in [1.29, 1.82) is 5.26 Å². The lowest BCUT2D eigenvalue weighted by molar-refractivity contribution is -0.145. The molecular formula is C43H46N4O9S. The molecule has 0 amide bonds. The van der Waals surface area contributed by atoms with Gasteiger partial charge in [-0.05, 0) is 119 Å². The number of carbonyl (C=O) groups is 4.